The topological polar surface area (TPSA) is 71.7 Å². The second kappa shape index (κ2) is 11.9. The first-order valence-electron chi connectivity index (χ1n) is 9.08. The molecule has 0 saturated carbocycles. The zero-order chi connectivity index (χ0) is 20.6. The first-order valence-corrected chi connectivity index (χ1v) is 9.08. The van der Waals surface area contributed by atoms with E-state index in [0.717, 1.165) is 11.8 Å². The lowest BCUT2D eigenvalue weighted by Gasteiger charge is -2.15. The van der Waals surface area contributed by atoms with Gasteiger partial charge >= 0.3 is 6.18 Å². The van der Waals surface area contributed by atoms with E-state index in [1.807, 2.05) is 26.8 Å². The highest BCUT2D eigenvalue weighted by Gasteiger charge is 2.33. The molecule has 0 aliphatic heterocycles. The molecule has 0 aliphatic rings. The van der Waals surface area contributed by atoms with E-state index in [0.29, 0.717) is 24.8 Å². The van der Waals surface area contributed by atoms with Gasteiger partial charge in [0.25, 0.3) is 0 Å². The van der Waals surface area contributed by atoms with Crippen LogP contribution in [-0.4, -0.2) is 30.8 Å². The largest absolute Gasteiger partial charge is 0.491 e. The monoisotopic (exact) mass is 526 g/mol. The number of alkyl halides is 3. The highest BCUT2D eigenvalue weighted by atomic mass is 127. The maximum atomic E-state index is 13.0. The molecule has 0 unspecified atom stereocenters. The lowest BCUT2D eigenvalue weighted by Crippen LogP contribution is -2.39. The van der Waals surface area contributed by atoms with Gasteiger partial charge < -0.3 is 19.9 Å². The molecule has 0 bridgehead atoms. The number of hydrogen-bond donors (Lipinski definition) is 2. The minimum atomic E-state index is -4.45. The van der Waals surface area contributed by atoms with E-state index >= 15 is 0 Å². The number of aliphatic imine (C=N–C) groups is 1. The zero-order valence-corrected chi connectivity index (χ0v) is 18.9. The van der Waals surface area contributed by atoms with Crippen LogP contribution in [0.3, 0.4) is 0 Å². The van der Waals surface area contributed by atoms with Gasteiger partial charge in [-0.05, 0) is 25.0 Å². The Bertz CT molecular complexity index is 779. The Hall–Kier alpha value is -1.98. The van der Waals surface area contributed by atoms with Gasteiger partial charge in [-0.2, -0.15) is 13.2 Å². The van der Waals surface area contributed by atoms with Crippen LogP contribution >= 0.6 is 24.0 Å². The number of benzene rings is 1. The minimum absolute atomic E-state index is 0. The second-order valence-corrected chi connectivity index (χ2v) is 6.34. The quantitative estimate of drug-likeness (QED) is 0.228. The predicted molar refractivity (Wildman–Crippen MR) is 116 cm³/mol. The van der Waals surface area contributed by atoms with E-state index in [-0.39, 0.29) is 48.8 Å². The Balaban J connectivity index is 0.00000420. The van der Waals surface area contributed by atoms with Gasteiger partial charge in [-0.3, -0.25) is 0 Å². The molecule has 162 valence electrons. The van der Waals surface area contributed by atoms with Gasteiger partial charge in [-0.1, -0.05) is 31.1 Å². The summed E-state index contributed by atoms with van der Waals surface area (Å²) < 4.78 is 49.4. The van der Waals surface area contributed by atoms with Crippen molar-refractivity contribution in [1.82, 2.24) is 15.8 Å². The number of guanidine groups is 1. The Morgan fingerprint density at radius 1 is 1.24 bits per heavy atom. The van der Waals surface area contributed by atoms with Crippen LogP contribution in [0.5, 0.6) is 5.75 Å². The summed E-state index contributed by atoms with van der Waals surface area (Å²) in [7, 11) is 0. The highest BCUT2D eigenvalue weighted by Crippen LogP contribution is 2.35. The number of nitrogens with one attached hydrogen (secondary N) is 2. The third-order valence-electron chi connectivity index (χ3n) is 3.75. The molecule has 2 rings (SSSR count). The number of para-hydroxylation sites is 1. The van der Waals surface area contributed by atoms with Crippen LogP contribution in [0.15, 0.2) is 39.8 Å². The Morgan fingerprint density at radius 2 is 1.97 bits per heavy atom. The molecule has 0 aliphatic carbocycles. The van der Waals surface area contributed by atoms with Crippen LogP contribution in [0, 0.1) is 0 Å². The molecular formula is C19H26F3IN4O2. The number of rotatable bonds is 8. The smallest absolute Gasteiger partial charge is 0.419 e. The van der Waals surface area contributed by atoms with Crippen molar-refractivity contribution >= 4 is 29.9 Å². The standard InChI is InChI=1S/C19H25F3N4O2.HI/c1-4-23-18(25-12-14-11-16(13(2)3)26-28-14)24-9-10-27-17-8-6-5-7-15(17)19(20,21)22;/h5-8,11,13H,4,9-10,12H2,1-3H3,(H2,23,24,25);1H. The molecule has 29 heavy (non-hydrogen) atoms. The zero-order valence-electron chi connectivity index (χ0n) is 16.5. The van der Waals surface area contributed by atoms with Crippen molar-refractivity contribution in [3.8, 4) is 5.75 Å². The van der Waals surface area contributed by atoms with Crippen LogP contribution in [0.4, 0.5) is 13.2 Å². The van der Waals surface area contributed by atoms with E-state index < -0.39 is 11.7 Å². The minimum Gasteiger partial charge on any atom is -0.491 e. The molecule has 0 radical (unpaired) electrons. The molecule has 0 amide bonds. The Labute approximate surface area is 185 Å². The summed E-state index contributed by atoms with van der Waals surface area (Å²) in [6, 6.07) is 6.99. The number of halogens is 4. The van der Waals surface area contributed by atoms with Crippen molar-refractivity contribution in [2.45, 2.75) is 39.4 Å². The Kier molecular flexibility index (Phi) is 10.3. The van der Waals surface area contributed by atoms with Crippen LogP contribution in [0.25, 0.3) is 0 Å². The van der Waals surface area contributed by atoms with E-state index in [9.17, 15) is 13.2 Å². The molecule has 6 nitrogen and oxygen atoms in total. The molecule has 2 aromatic rings. The SMILES string of the molecule is CCNC(=NCc1cc(C(C)C)no1)NCCOc1ccccc1C(F)(F)F.I. The van der Waals surface area contributed by atoms with Gasteiger partial charge in [0.2, 0.25) is 0 Å². The molecule has 10 heteroatoms. The molecule has 0 saturated heterocycles. The Morgan fingerprint density at radius 3 is 2.59 bits per heavy atom. The molecule has 1 aromatic carbocycles. The first kappa shape index (κ1) is 25.1. The number of aromatic nitrogens is 1. The summed E-state index contributed by atoms with van der Waals surface area (Å²) in [6.07, 6.45) is -4.45. The molecule has 0 spiro atoms. The third kappa shape index (κ3) is 8.11. The van der Waals surface area contributed by atoms with Crippen molar-refractivity contribution < 1.29 is 22.4 Å². The third-order valence-corrected chi connectivity index (χ3v) is 3.75. The molecule has 1 heterocycles. The van der Waals surface area contributed by atoms with Gasteiger partial charge in [0, 0.05) is 12.6 Å². The highest BCUT2D eigenvalue weighted by molar-refractivity contribution is 14.0. The van der Waals surface area contributed by atoms with Crippen molar-refractivity contribution in [2.75, 3.05) is 19.7 Å². The molecule has 0 fully saturated rings. The number of nitrogens with zero attached hydrogens (tertiary/aromatic N) is 2. The fraction of sp³-hybridized carbons (Fsp3) is 0.474. The van der Waals surface area contributed by atoms with E-state index in [1.54, 1.807) is 0 Å². The summed E-state index contributed by atoms with van der Waals surface area (Å²) in [5, 5.41) is 10.1. The fourth-order valence-corrected chi connectivity index (χ4v) is 2.33. The van der Waals surface area contributed by atoms with E-state index in [2.05, 4.69) is 20.8 Å². The summed E-state index contributed by atoms with van der Waals surface area (Å²) in [5.74, 6) is 1.22. The normalized spacial score (nSPS) is 11.9. The fourth-order valence-electron chi connectivity index (χ4n) is 2.33. The first-order chi connectivity index (χ1) is 13.3. The summed E-state index contributed by atoms with van der Waals surface area (Å²) in [4.78, 5) is 4.38. The maximum Gasteiger partial charge on any atom is 0.419 e. The van der Waals surface area contributed by atoms with Crippen LogP contribution < -0.4 is 15.4 Å². The summed E-state index contributed by atoms with van der Waals surface area (Å²) in [5.41, 5.74) is 0.0711. The average molecular weight is 526 g/mol. The van der Waals surface area contributed by atoms with Crippen LogP contribution in [-0.2, 0) is 12.7 Å². The second-order valence-electron chi connectivity index (χ2n) is 6.34. The van der Waals surface area contributed by atoms with Gasteiger partial charge in [0.15, 0.2) is 11.7 Å². The molecular weight excluding hydrogens is 500 g/mol. The average Bonchev–Trinajstić information content (AvgIpc) is 3.12. The molecule has 2 N–H and O–H groups in total. The van der Waals surface area contributed by atoms with Gasteiger partial charge in [0.1, 0.15) is 18.9 Å². The maximum absolute atomic E-state index is 13.0. The van der Waals surface area contributed by atoms with Gasteiger partial charge in [-0.25, -0.2) is 4.99 Å². The number of ether oxygens (including phenoxy) is 1. The summed E-state index contributed by atoms with van der Waals surface area (Å²) >= 11 is 0. The lowest BCUT2D eigenvalue weighted by atomic mass is 10.1. The van der Waals surface area contributed by atoms with Crippen molar-refractivity contribution in [3.63, 3.8) is 0 Å². The summed E-state index contributed by atoms with van der Waals surface area (Å²) in [6.45, 7) is 7.23. The van der Waals surface area contributed by atoms with E-state index in [4.69, 9.17) is 9.26 Å². The van der Waals surface area contributed by atoms with Crippen molar-refractivity contribution in [1.29, 1.82) is 0 Å². The van der Waals surface area contributed by atoms with Gasteiger partial charge in [0.05, 0.1) is 17.8 Å². The van der Waals surface area contributed by atoms with E-state index in [1.165, 1.54) is 18.2 Å². The van der Waals surface area contributed by atoms with Crippen LogP contribution in [0.1, 0.15) is 43.7 Å². The molecule has 1 aromatic heterocycles. The lowest BCUT2D eigenvalue weighted by molar-refractivity contribution is -0.138. The molecule has 0 atom stereocenters. The van der Waals surface area contributed by atoms with Crippen molar-refractivity contribution in [3.05, 3.63) is 47.3 Å². The number of hydrogen-bond acceptors (Lipinski definition) is 4. The predicted octanol–water partition coefficient (Wildman–Crippen LogP) is 4.57. The van der Waals surface area contributed by atoms with Crippen LogP contribution in [0.2, 0.25) is 0 Å². The van der Waals surface area contributed by atoms with Crippen molar-refractivity contribution in [2.24, 2.45) is 4.99 Å². The van der Waals surface area contributed by atoms with Gasteiger partial charge in [-0.15, -0.1) is 24.0 Å².